The van der Waals surface area contributed by atoms with E-state index in [1.165, 1.54) is 7.11 Å². The van der Waals surface area contributed by atoms with Crippen LogP contribution in [0, 0.1) is 0 Å². The Bertz CT molecular complexity index is 313. The number of esters is 1. The zero-order valence-corrected chi connectivity index (χ0v) is 9.98. The molecule has 1 aromatic rings. The highest BCUT2D eigenvalue weighted by Gasteiger charge is 2.24. The number of aliphatic hydroxyl groups excluding tert-OH is 1. The summed E-state index contributed by atoms with van der Waals surface area (Å²) in [5.74, 6) is -0.618. The molecular formula is C11H13BrO3. The number of alkyl halides is 1. The highest BCUT2D eigenvalue weighted by Crippen LogP contribution is 2.14. The zero-order valence-electron chi connectivity index (χ0n) is 8.39. The molecule has 1 aromatic carbocycles. The molecule has 0 aliphatic heterocycles. The van der Waals surface area contributed by atoms with Crippen molar-refractivity contribution in [2.24, 2.45) is 0 Å². The van der Waals surface area contributed by atoms with Gasteiger partial charge in [0.05, 0.1) is 11.9 Å². The summed E-state index contributed by atoms with van der Waals surface area (Å²) < 4.78 is 4.45. The summed E-state index contributed by atoms with van der Waals surface area (Å²) >= 11 is 3.27. The molecule has 0 spiro atoms. The number of rotatable bonds is 4. The smallest absolute Gasteiger partial charge is 0.335 e. The van der Waals surface area contributed by atoms with E-state index >= 15 is 0 Å². The third-order valence-electron chi connectivity index (χ3n) is 2.06. The van der Waals surface area contributed by atoms with E-state index in [0.29, 0.717) is 6.42 Å². The lowest BCUT2D eigenvalue weighted by atomic mass is 10.1. The van der Waals surface area contributed by atoms with Crippen molar-refractivity contribution in [1.29, 1.82) is 0 Å². The number of ether oxygens (including phenoxy) is 1. The molecule has 82 valence electrons. The van der Waals surface area contributed by atoms with Crippen LogP contribution in [0.4, 0.5) is 0 Å². The lowest BCUT2D eigenvalue weighted by Crippen LogP contribution is -2.32. The van der Waals surface area contributed by atoms with Crippen LogP contribution in [0.15, 0.2) is 30.3 Å². The number of aliphatic hydroxyl groups is 1. The van der Waals surface area contributed by atoms with Gasteiger partial charge < -0.3 is 9.84 Å². The van der Waals surface area contributed by atoms with Crippen molar-refractivity contribution < 1.29 is 14.6 Å². The van der Waals surface area contributed by atoms with Crippen molar-refractivity contribution in [1.82, 2.24) is 0 Å². The fraction of sp³-hybridized carbons (Fsp3) is 0.364. The Balaban J connectivity index is 2.56. The minimum Gasteiger partial charge on any atom is -0.467 e. The van der Waals surface area contributed by atoms with E-state index in [4.69, 9.17) is 0 Å². The predicted molar refractivity (Wildman–Crippen MR) is 60.9 cm³/mol. The minimum atomic E-state index is -1.13. The highest BCUT2D eigenvalue weighted by molar-refractivity contribution is 9.09. The van der Waals surface area contributed by atoms with Gasteiger partial charge in [-0.1, -0.05) is 46.3 Å². The molecule has 0 radical (unpaired) electrons. The molecule has 1 rings (SSSR count). The normalized spacial score (nSPS) is 14.3. The summed E-state index contributed by atoms with van der Waals surface area (Å²) in [7, 11) is 1.26. The number of hydrogen-bond donors (Lipinski definition) is 1. The lowest BCUT2D eigenvalue weighted by Gasteiger charge is -2.14. The zero-order chi connectivity index (χ0) is 11.3. The molecule has 0 amide bonds. The Morgan fingerprint density at radius 3 is 2.60 bits per heavy atom. The van der Waals surface area contributed by atoms with Crippen LogP contribution < -0.4 is 0 Å². The minimum absolute atomic E-state index is 0.327. The maximum absolute atomic E-state index is 11.0. The first-order valence-corrected chi connectivity index (χ1v) is 5.50. The topological polar surface area (TPSA) is 46.5 Å². The first-order valence-electron chi connectivity index (χ1n) is 4.59. The second-order valence-electron chi connectivity index (χ2n) is 3.17. The monoisotopic (exact) mass is 272 g/mol. The van der Waals surface area contributed by atoms with Crippen molar-refractivity contribution in [3.8, 4) is 0 Å². The number of halogens is 1. The maximum atomic E-state index is 11.0. The molecule has 3 nitrogen and oxygen atoms in total. The second-order valence-corrected chi connectivity index (χ2v) is 4.35. The molecule has 2 atom stereocenters. The van der Waals surface area contributed by atoms with Crippen LogP contribution in [-0.2, 0) is 16.0 Å². The van der Waals surface area contributed by atoms with Gasteiger partial charge in [-0.15, -0.1) is 0 Å². The molecule has 0 unspecified atom stereocenters. The molecule has 4 heteroatoms. The maximum Gasteiger partial charge on any atom is 0.335 e. The van der Waals surface area contributed by atoms with Crippen molar-refractivity contribution in [3.05, 3.63) is 35.9 Å². The molecule has 0 aromatic heterocycles. The second kappa shape index (κ2) is 5.88. The first-order chi connectivity index (χ1) is 7.15. The lowest BCUT2D eigenvalue weighted by molar-refractivity contribution is -0.150. The van der Waals surface area contributed by atoms with Crippen LogP contribution in [0.1, 0.15) is 5.56 Å². The SMILES string of the molecule is COC(=O)[C@@H](O)[C@@H](Br)Cc1ccccc1. The molecule has 0 saturated heterocycles. The van der Waals surface area contributed by atoms with E-state index < -0.39 is 12.1 Å². The van der Waals surface area contributed by atoms with Gasteiger partial charge in [0.2, 0.25) is 0 Å². The van der Waals surface area contributed by atoms with Crippen LogP contribution in [0.2, 0.25) is 0 Å². The molecule has 0 aliphatic rings. The predicted octanol–water partition coefficient (Wildman–Crippen LogP) is 1.53. The molecule has 0 aliphatic carbocycles. The fourth-order valence-corrected chi connectivity index (χ4v) is 1.81. The third-order valence-corrected chi connectivity index (χ3v) is 2.88. The quantitative estimate of drug-likeness (QED) is 0.668. The molecular weight excluding hydrogens is 260 g/mol. The Morgan fingerprint density at radius 1 is 1.47 bits per heavy atom. The van der Waals surface area contributed by atoms with Crippen LogP contribution >= 0.6 is 15.9 Å². The van der Waals surface area contributed by atoms with E-state index in [2.05, 4.69) is 20.7 Å². The Labute approximate surface area is 97.2 Å². The van der Waals surface area contributed by atoms with E-state index in [9.17, 15) is 9.90 Å². The van der Waals surface area contributed by atoms with Gasteiger partial charge in [-0.05, 0) is 12.0 Å². The summed E-state index contributed by atoms with van der Waals surface area (Å²) in [5, 5.41) is 9.53. The summed E-state index contributed by atoms with van der Waals surface area (Å²) in [4.78, 5) is 10.7. The van der Waals surface area contributed by atoms with Crippen molar-refractivity contribution in [2.45, 2.75) is 17.4 Å². The molecule has 0 bridgehead atoms. The van der Waals surface area contributed by atoms with Gasteiger partial charge in [-0.25, -0.2) is 4.79 Å². The standard InChI is InChI=1S/C11H13BrO3/c1-15-11(14)10(13)9(12)7-8-5-3-2-4-6-8/h2-6,9-10,13H,7H2,1H3/t9-,10-/m0/s1. The van der Waals surface area contributed by atoms with Crippen molar-refractivity contribution in [2.75, 3.05) is 7.11 Å². The van der Waals surface area contributed by atoms with Crippen LogP contribution in [-0.4, -0.2) is 29.1 Å². The van der Waals surface area contributed by atoms with Gasteiger partial charge in [0.15, 0.2) is 6.10 Å². The summed E-state index contributed by atoms with van der Waals surface area (Å²) in [6.45, 7) is 0. The molecule has 15 heavy (non-hydrogen) atoms. The number of benzene rings is 1. The van der Waals surface area contributed by atoms with Gasteiger partial charge >= 0.3 is 5.97 Å². The number of methoxy groups -OCH3 is 1. The molecule has 0 saturated carbocycles. The van der Waals surface area contributed by atoms with Gasteiger partial charge in [-0.3, -0.25) is 0 Å². The molecule has 0 fully saturated rings. The third kappa shape index (κ3) is 3.64. The highest BCUT2D eigenvalue weighted by atomic mass is 79.9. The van der Waals surface area contributed by atoms with Gasteiger partial charge in [0.1, 0.15) is 0 Å². The van der Waals surface area contributed by atoms with Gasteiger partial charge in [0.25, 0.3) is 0 Å². The van der Waals surface area contributed by atoms with Gasteiger partial charge in [-0.2, -0.15) is 0 Å². The summed E-state index contributed by atoms with van der Waals surface area (Å²) in [6.07, 6.45) is -0.549. The molecule has 0 heterocycles. The number of carbonyl (C=O) groups excluding carboxylic acids is 1. The Morgan fingerprint density at radius 2 is 2.07 bits per heavy atom. The molecule has 1 N–H and O–H groups in total. The summed E-state index contributed by atoms with van der Waals surface area (Å²) in [5.41, 5.74) is 1.06. The average molecular weight is 273 g/mol. The fourth-order valence-electron chi connectivity index (χ4n) is 1.22. The van der Waals surface area contributed by atoms with Crippen molar-refractivity contribution in [3.63, 3.8) is 0 Å². The van der Waals surface area contributed by atoms with E-state index in [1.807, 2.05) is 30.3 Å². The van der Waals surface area contributed by atoms with E-state index in [0.717, 1.165) is 5.56 Å². The van der Waals surface area contributed by atoms with Crippen LogP contribution in [0.5, 0.6) is 0 Å². The summed E-state index contributed by atoms with van der Waals surface area (Å²) in [6, 6.07) is 9.64. The average Bonchev–Trinajstić information content (AvgIpc) is 2.28. The first kappa shape index (κ1) is 12.2. The Kier molecular flexibility index (Phi) is 4.78. The van der Waals surface area contributed by atoms with E-state index in [-0.39, 0.29) is 4.83 Å². The van der Waals surface area contributed by atoms with Gasteiger partial charge in [0, 0.05) is 0 Å². The Hall–Kier alpha value is -0.870. The number of carbonyl (C=O) groups is 1. The van der Waals surface area contributed by atoms with Crippen LogP contribution in [0.25, 0.3) is 0 Å². The van der Waals surface area contributed by atoms with Crippen molar-refractivity contribution >= 4 is 21.9 Å². The number of hydrogen-bond acceptors (Lipinski definition) is 3. The van der Waals surface area contributed by atoms with Crippen LogP contribution in [0.3, 0.4) is 0 Å². The van der Waals surface area contributed by atoms with E-state index in [1.54, 1.807) is 0 Å². The largest absolute Gasteiger partial charge is 0.467 e.